The molecule has 44 heavy (non-hydrogen) atoms. The van der Waals surface area contributed by atoms with Crippen LogP contribution in [0, 0.1) is 0 Å². The molecule has 0 saturated heterocycles. The Balaban J connectivity index is 1.39. The molecule has 0 aliphatic carbocycles. The third kappa shape index (κ3) is 3.85. The van der Waals surface area contributed by atoms with Crippen molar-refractivity contribution < 1.29 is 0 Å². The molecule has 204 valence electrons. The van der Waals surface area contributed by atoms with Gasteiger partial charge in [0.2, 0.25) is 0 Å². The zero-order chi connectivity index (χ0) is 29.0. The molecule has 0 N–H and O–H groups in total. The smallest absolute Gasteiger partial charge is 0.00141 e. The van der Waals surface area contributed by atoms with E-state index >= 15 is 0 Å². The van der Waals surface area contributed by atoms with Crippen molar-refractivity contribution in [3.05, 3.63) is 170 Å². The summed E-state index contributed by atoms with van der Waals surface area (Å²) in [6.45, 7) is 0. The molecule has 0 aromatic heterocycles. The van der Waals surface area contributed by atoms with Crippen LogP contribution in [-0.2, 0) is 0 Å². The van der Waals surface area contributed by atoms with Gasteiger partial charge in [-0.15, -0.1) is 0 Å². The maximum atomic E-state index is 2.41. The molecule has 0 bridgehead atoms. The van der Waals surface area contributed by atoms with Gasteiger partial charge in [0.15, 0.2) is 0 Å². The monoisotopic (exact) mass is 556 g/mol. The number of hydrogen-bond acceptors (Lipinski definition) is 0. The molecule has 0 heterocycles. The van der Waals surface area contributed by atoms with E-state index in [1.54, 1.807) is 0 Å². The van der Waals surface area contributed by atoms with Crippen molar-refractivity contribution in [2.24, 2.45) is 0 Å². The summed E-state index contributed by atoms with van der Waals surface area (Å²) in [7, 11) is 0. The normalized spacial score (nSPS) is 11.6. The van der Waals surface area contributed by atoms with E-state index in [1.807, 2.05) is 0 Å². The second kappa shape index (κ2) is 9.93. The number of hydrogen-bond donors (Lipinski definition) is 0. The van der Waals surface area contributed by atoms with Crippen molar-refractivity contribution in [3.63, 3.8) is 0 Å². The zero-order valence-corrected chi connectivity index (χ0v) is 24.2. The molecule has 0 spiro atoms. The minimum absolute atomic E-state index is 1.23. The first-order valence-electron chi connectivity index (χ1n) is 15.3. The van der Waals surface area contributed by atoms with Crippen LogP contribution in [-0.4, -0.2) is 0 Å². The van der Waals surface area contributed by atoms with Gasteiger partial charge in [0, 0.05) is 0 Å². The van der Waals surface area contributed by atoms with Gasteiger partial charge in [0.1, 0.15) is 0 Å². The van der Waals surface area contributed by atoms with E-state index in [1.165, 1.54) is 87.6 Å². The first-order valence-corrected chi connectivity index (χ1v) is 15.3. The topological polar surface area (TPSA) is 0 Å². The second-order valence-corrected chi connectivity index (χ2v) is 11.7. The molecule has 0 fully saturated rings. The van der Waals surface area contributed by atoms with Gasteiger partial charge in [-0.25, -0.2) is 0 Å². The first-order chi connectivity index (χ1) is 21.8. The van der Waals surface area contributed by atoms with Gasteiger partial charge in [-0.1, -0.05) is 158 Å². The van der Waals surface area contributed by atoms with Crippen molar-refractivity contribution >= 4 is 43.1 Å². The average Bonchev–Trinajstić information content (AvgIpc) is 3.11. The average molecular weight is 557 g/mol. The van der Waals surface area contributed by atoms with Gasteiger partial charge in [-0.3, -0.25) is 0 Å². The molecular formula is C44H28. The largest absolute Gasteiger partial charge is 0.0622 e. The maximum Gasteiger partial charge on any atom is -0.00141 e. The van der Waals surface area contributed by atoms with Crippen molar-refractivity contribution in [1.29, 1.82) is 0 Å². The summed E-state index contributed by atoms with van der Waals surface area (Å²) in [5, 5.41) is 10.3. The Morgan fingerprint density at radius 1 is 0.227 bits per heavy atom. The molecule has 9 aromatic rings. The van der Waals surface area contributed by atoms with Gasteiger partial charge in [-0.05, 0) is 99.7 Å². The summed E-state index contributed by atoms with van der Waals surface area (Å²) in [5.41, 5.74) is 10.0. The van der Waals surface area contributed by atoms with Crippen LogP contribution >= 0.6 is 0 Å². The first kappa shape index (κ1) is 24.8. The lowest BCUT2D eigenvalue weighted by atomic mass is 9.83. The van der Waals surface area contributed by atoms with E-state index in [4.69, 9.17) is 0 Å². The molecule has 0 atom stereocenters. The van der Waals surface area contributed by atoms with Crippen LogP contribution in [0.5, 0.6) is 0 Å². The molecular weight excluding hydrogens is 528 g/mol. The molecule has 0 aliphatic heterocycles. The Bertz CT molecular complexity index is 2470. The van der Waals surface area contributed by atoms with E-state index in [-0.39, 0.29) is 0 Å². The Hall–Kier alpha value is -5.72. The van der Waals surface area contributed by atoms with Gasteiger partial charge in [-0.2, -0.15) is 0 Å². The van der Waals surface area contributed by atoms with E-state index in [9.17, 15) is 0 Å². The lowest BCUT2D eigenvalue weighted by Gasteiger charge is -2.20. The molecule has 9 aromatic carbocycles. The molecule has 0 heteroatoms. The summed E-state index contributed by atoms with van der Waals surface area (Å²) >= 11 is 0. The molecule has 0 nitrogen and oxygen atoms in total. The lowest BCUT2D eigenvalue weighted by Crippen LogP contribution is -1.93. The Kier molecular flexibility index (Phi) is 5.61. The lowest BCUT2D eigenvalue weighted by molar-refractivity contribution is 1.60. The Labute approximate surface area is 256 Å². The van der Waals surface area contributed by atoms with Crippen LogP contribution in [0.25, 0.3) is 87.6 Å². The van der Waals surface area contributed by atoms with Crippen LogP contribution in [0.4, 0.5) is 0 Å². The van der Waals surface area contributed by atoms with Crippen molar-refractivity contribution in [2.45, 2.75) is 0 Å². The molecule has 0 unspecified atom stereocenters. The van der Waals surface area contributed by atoms with Crippen LogP contribution in [0.1, 0.15) is 0 Å². The van der Waals surface area contributed by atoms with Crippen LogP contribution < -0.4 is 0 Å². The van der Waals surface area contributed by atoms with Gasteiger partial charge >= 0.3 is 0 Å². The Morgan fingerprint density at radius 3 is 1.50 bits per heavy atom. The van der Waals surface area contributed by atoms with Gasteiger partial charge in [0.05, 0.1) is 0 Å². The van der Waals surface area contributed by atoms with Crippen LogP contribution in [0.3, 0.4) is 0 Å². The van der Waals surface area contributed by atoms with E-state index in [0.29, 0.717) is 0 Å². The fraction of sp³-hybridized carbons (Fsp3) is 0. The standard InChI is InChI=1S/C44H28/c1-3-12-30(13-4-1)35-17-9-10-18-36(35)37-23-21-32-22-24-39-41(31-14-5-2-6-15-31)28-42(40-26-25-38(37)43(32)44(39)40)34-20-19-29-11-7-8-16-33(29)27-34/h1-28H. The van der Waals surface area contributed by atoms with Crippen molar-refractivity contribution in [3.8, 4) is 44.5 Å². The quantitative estimate of drug-likeness (QED) is 0.189. The molecule has 0 saturated carbocycles. The number of fused-ring (bicyclic) bond motifs is 1. The van der Waals surface area contributed by atoms with Crippen LogP contribution in [0.2, 0.25) is 0 Å². The Morgan fingerprint density at radius 2 is 0.750 bits per heavy atom. The minimum Gasteiger partial charge on any atom is -0.0622 e. The van der Waals surface area contributed by atoms with Gasteiger partial charge in [0.25, 0.3) is 0 Å². The highest BCUT2D eigenvalue weighted by atomic mass is 14.2. The second-order valence-electron chi connectivity index (χ2n) is 11.7. The highest BCUT2D eigenvalue weighted by molar-refractivity contribution is 6.30. The summed E-state index contributed by atoms with van der Waals surface area (Å²) < 4.78 is 0. The van der Waals surface area contributed by atoms with Crippen molar-refractivity contribution in [1.82, 2.24) is 0 Å². The highest BCUT2D eigenvalue weighted by Crippen LogP contribution is 2.47. The van der Waals surface area contributed by atoms with E-state index < -0.39 is 0 Å². The van der Waals surface area contributed by atoms with E-state index in [2.05, 4.69) is 170 Å². The summed E-state index contributed by atoms with van der Waals surface area (Å²) in [4.78, 5) is 0. The fourth-order valence-corrected chi connectivity index (χ4v) is 7.17. The highest BCUT2D eigenvalue weighted by Gasteiger charge is 2.19. The van der Waals surface area contributed by atoms with Crippen molar-refractivity contribution in [2.75, 3.05) is 0 Å². The molecule has 0 aliphatic rings. The molecule has 9 rings (SSSR count). The predicted molar refractivity (Wildman–Crippen MR) is 189 cm³/mol. The maximum absolute atomic E-state index is 2.41. The number of benzene rings is 9. The third-order valence-corrected chi connectivity index (χ3v) is 9.23. The van der Waals surface area contributed by atoms with E-state index in [0.717, 1.165) is 0 Å². The number of rotatable bonds is 4. The predicted octanol–water partition coefficient (Wildman–Crippen LogP) is 12.4. The van der Waals surface area contributed by atoms with Crippen LogP contribution in [0.15, 0.2) is 170 Å². The summed E-state index contributed by atoms with van der Waals surface area (Å²) in [6.07, 6.45) is 0. The molecule has 0 amide bonds. The minimum atomic E-state index is 1.23. The summed E-state index contributed by atoms with van der Waals surface area (Å²) in [6, 6.07) is 62.3. The third-order valence-electron chi connectivity index (χ3n) is 9.23. The van der Waals surface area contributed by atoms with Gasteiger partial charge < -0.3 is 0 Å². The SMILES string of the molecule is c1ccc(-c2ccccc2-c2ccc3ccc4c(-c5ccccc5)cc(-c5ccc6ccccc6c5)c5ccc2c3c45)cc1. The summed E-state index contributed by atoms with van der Waals surface area (Å²) in [5.74, 6) is 0. The fourth-order valence-electron chi connectivity index (χ4n) is 7.17. The zero-order valence-electron chi connectivity index (χ0n) is 24.2. The molecule has 0 radical (unpaired) electrons.